The summed E-state index contributed by atoms with van der Waals surface area (Å²) < 4.78 is 55.9. The number of fused-ring (bicyclic) bond motifs is 1. The monoisotopic (exact) mass is 707 g/mol. The van der Waals surface area contributed by atoms with Gasteiger partial charge in [0.1, 0.15) is 18.7 Å². The Morgan fingerprint density at radius 1 is 1.02 bits per heavy atom. The van der Waals surface area contributed by atoms with Gasteiger partial charge >= 0.3 is 6.09 Å². The number of likely N-dealkylation sites (tertiary alicyclic amines) is 1. The minimum atomic E-state index is -2.84. The predicted molar refractivity (Wildman–Crippen MR) is 188 cm³/mol. The van der Waals surface area contributed by atoms with E-state index in [-0.39, 0.29) is 31.4 Å². The number of hydrogen-bond acceptors (Lipinski definition) is 4. The number of benzene rings is 2. The molecule has 2 heterocycles. The lowest BCUT2D eigenvalue weighted by Crippen LogP contribution is -2.41. The van der Waals surface area contributed by atoms with Crippen molar-refractivity contribution in [2.45, 2.75) is 123 Å². The van der Waals surface area contributed by atoms with Crippen molar-refractivity contribution in [1.29, 1.82) is 0 Å². The highest BCUT2D eigenvalue weighted by Gasteiger charge is 2.35. The Labute approximate surface area is 294 Å². The molecule has 0 saturated carbocycles. The van der Waals surface area contributed by atoms with E-state index in [1.807, 2.05) is 0 Å². The largest absolute Gasteiger partial charge is 0.465 e. The third-order valence-corrected chi connectivity index (χ3v) is 9.57. The summed E-state index contributed by atoms with van der Waals surface area (Å²) in [5.74, 6) is -0.604. The number of carboxylic acid groups (broad SMARTS) is 1. The van der Waals surface area contributed by atoms with E-state index in [2.05, 4.69) is 25.9 Å². The first kappa shape index (κ1) is 39.0. The number of alkyl halides is 2. The summed E-state index contributed by atoms with van der Waals surface area (Å²) in [6, 6.07) is 8.32. The quantitative estimate of drug-likeness (QED) is 0.126. The molecule has 3 aromatic rings. The predicted octanol–water partition coefficient (Wildman–Crippen LogP) is 11.2. The first-order valence-electron chi connectivity index (χ1n) is 17.8. The van der Waals surface area contributed by atoms with Crippen LogP contribution in [-0.2, 0) is 16.2 Å². The Kier molecular flexibility index (Phi) is 15.1. The molecule has 1 aromatic heterocycles. The van der Waals surface area contributed by atoms with Gasteiger partial charge < -0.3 is 19.5 Å². The Hall–Kier alpha value is -2.82. The fourth-order valence-corrected chi connectivity index (χ4v) is 6.90. The van der Waals surface area contributed by atoms with Crippen LogP contribution in [0.25, 0.3) is 10.9 Å². The summed E-state index contributed by atoms with van der Waals surface area (Å²) >= 11 is 6.36. The van der Waals surface area contributed by atoms with Crippen LogP contribution in [0.4, 0.5) is 18.0 Å². The second kappa shape index (κ2) is 19.0. The van der Waals surface area contributed by atoms with Crippen LogP contribution in [0, 0.1) is 17.2 Å². The molecule has 1 N–H and O–H groups in total. The zero-order chi connectivity index (χ0) is 35.4. The number of hydrogen-bond donors (Lipinski definition) is 1. The number of halogens is 4. The molecule has 1 aliphatic heterocycles. The molecule has 0 bridgehead atoms. The highest BCUT2D eigenvalue weighted by Crippen LogP contribution is 2.38. The van der Waals surface area contributed by atoms with Crippen LogP contribution in [0.2, 0.25) is 5.02 Å². The summed E-state index contributed by atoms with van der Waals surface area (Å²) in [5, 5.41) is 15.2. The maximum Gasteiger partial charge on any atom is 0.407 e. The summed E-state index contributed by atoms with van der Waals surface area (Å²) in [6.45, 7) is 7.92. The number of carbonyl (C=O) groups is 1. The highest BCUT2D eigenvalue weighted by atomic mass is 35.5. The number of piperidine rings is 1. The van der Waals surface area contributed by atoms with Crippen LogP contribution in [-0.4, -0.2) is 52.1 Å². The topological polar surface area (TPSA) is 76.8 Å². The van der Waals surface area contributed by atoms with Crippen molar-refractivity contribution < 1.29 is 32.5 Å². The number of nitrogens with zero attached hydrogens (tertiary/aromatic N) is 3. The molecule has 3 unspecified atom stereocenters. The van der Waals surface area contributed by atoms with Crippen molar-refractivity contribution in [3.05, 3.63) is 64.6 Å². The number of unbranched alkanes of at least 4 members (excludes halogenated alkanes) is 8. The van der Waals surface area contributed by atoms with E-state index >= 15 is 0 Å². The lowest BCUT2D eigenvalue weighted by Gasteiger charge is -2.38. The molecule has 1 amide bonds. The van der Waals surface area contributed by atoms with E-state index in [0.29, 0.717) is 46.4 Å². The molecule has 1 fully saturated rings. The van der Waals surface area contributed by atoms with Crippen LogP contribution in [0.5, 0.6) is 0 Å². The maximum absolute atomic E-state index is 14.5. The summed E-state index contributed by atoms with van der Waals surface area (Å²) in [5.41, 5.74) is 1.66. The molecule has 4 rings (SSSR count). The maximum atomic E-state index is 14.5. The van der Waals surface area contributed by atoms with E-state index in [0.717, 1.165) is 12.8 Å². The summed E-state index contributed by atoms with van der Waals surface area (Å²) in [4.78, 5) is 13.2. The molecule has 49 heavy (non-hydrogen) atoms. The van der Waals surface area contributed by atoms with Gasteiger partial charge in [-0.2, -0.15) is 5.10 Å². The van der Waals surface area contributed by atoms with Gasteiger partial charge in [-0.1, -0.05) is 95.9 Å². The fourth-order valence-electron chi connectivity index (χ4n) is 6.67. The van der Waals surface area contributed by atoms with Crippen molar-refractivity contribution in [2.75, 3.05) is 19.8 Å². The van der Waals surface area contributed by atoms with Gasteiger partial charge in [0, 0.05) is 35.3 Å². The molecule has 2 aromatic carbocycles. The Balaban J connectivity index is 1.25. The van der Waals surface area contributed by atoms with Gasteiger partial charge in [-0.3, -0.25) is 0 Å². The lowest BCUT2D eigenvalue weighted by atomic mass is 9.87. The molecular formula is C38H53ClF3N3O4. The van der Waals surface area contributed by atoms with Gasteiger partial charge in [-0.25, -0.2) is 22.6 Å². The molecule has 1 aliphatic rings. The van der Waals surface area contributed by atoms with Gasteiger partial charge in [-0.05, 0) is 66.8 Å². The normalized spacial score (nSPS) is 17.7. The average molecular weight is 708 g/mol. The standard InChI is InChI=1S/C38H53ClF3N3O4/c1-38(2,3)18-11-9-7-5-4-6-8-10-12-20-48-26-44-24-29-22-30(39)23-32(34(29)43-44)35(36(41)42)49-25-27-17-19-45(37(46)47)33(21-27)28-13-15-31(40)16-14-28/h13-16,22-24,27,33,35-36H,4-12,17-21,25-26H2,1-3H3,(H,46,47). The molecule has 11 heteroatoms. The Morgan fingerprint density at radius 2 is 1.67 bits per heavy atom. The molecule has 0 radical (unpaired) electrons. The number of rotatable bonds is 19. The first-order chi connectivity index (χ1) is 23.4. The smallest absolute Gasteiger partial charge is 0.407 e. The molecule has 0 aliphatic carbocycles. The van der Waals surface area contributed by atoms with Crippen LogP contribution < -0.4 is 0 Å². The van der Waals surface area contributed by atoms with Crippen molar-refractivity contribution in [3.8, 4) is 0 Å². The van der Waals surface area contributed by atoms with Crippen LogP contribution in [0.15, 0.2) is 42.6 Å². The molecule has 1 saturated heterocycles. The van der Waals surface area contributed by atoms with Crippen LogP contribution in [0.1, 0.15) is 121 Å². The minimum Gasteiger partial charge on any atom is -0.465 e. The SMILES string of the molecule is CC(C)(C)CCCCCCCCCCCOCn1cc2cc(Cl)cc(C(OCC3CCN(C(=O)O)C(c4ccc(F)cc4)C3)C(F)F)c2n1. The molecule has 7 nitrogen and oxygen atoms in total. The van der Waals surface area contributed by atoms with E-state index in [4.69, 9.17) is 21.1 Å². The number of ether oxygens (including phenoxy) is 2. The second-order valence-corrected chi connectivity index (χ2v) is 15.1. The van der Waals surface area contributed by atoms with E-state index in [1.165, 1.54) is 74.5 Å². The Bertz CT molecular complexity index is 1450. The third kappa shape index (κ3) is 12.5. The van der Waals surface area contributed by atoms with Gasteiger partial charge in [0.15, 0.2) is 0 Å². The van der Waals surface area contributed by atoms with Gasteiger partial charge in [0.2, 0.25) is 0 Å². The highest BCUT2D eigenvalue weighted by molar-refractivity contribution is 6.31. The first-order valence-corrected chi connectivity index (χ1v) is 18.2. The summed E-state index contributed by atoms with van der Waals surface area (Å²) in [6.07, 6.45) is 9.42. The zero-order valence-corrected chi connectivity index (χ0v) is 29.9. The van der Waals surface area contributed by atoms with Crippen molar-refractivity contribution in [1.82, 2.24) is 14.7 Å². The van der Waals surface area contributed by atoms with E-state index in [1.54, 1.807) is 29.1 Å². The van der Waals surface area contributed by atoms with Gasteiger partial charge in [-0.15, -0.1) is 0 Å². The van der Waals surface area contributed by atoms with E-state index < -0.39 is 30.5 Å². The van der Waals surface area contributed by atoms with Crippen molar-refractivity contribution in [3.63, 3.8) is 0 Å². The minimum absolute atomic E-state index is 0.00453. The van der Waals surface area contributed by atoms with Crippen molar-refractivity contribution in [2.24, 2.45) is 11.3 Å². The molecule has 3 atom stereocenters. The number of aromatic nitrogens is 2. The number of amides is 1. The second-order valence-electron chi connectivity index (χ2n) is 14.7. The average Bonchev–Trinajstić information content (AvgIpc) is 3.45. The molecule has 272 valence electrons. The molecule has 0 spiro atoms. The fraction of sp³-hybridized carbons (Fsp3) is 0.632. The lowest BCUT2D eigenvalue weighted by molar-refractivity contribution is -0.0753. The van der Waals surface area contributed by atoms with Crippen LogP contribution in [0.3, 0.4) is 0 Å². The zero-order valence-electron chi connectivity index (χ0n) is 29.2. The van der Waals surface area contributed by atoms with Crippen LogP contribution >= 0.6 is 11.6 Å². The van der Waals surface area contributed by atoms with Gasteiger partial charge in [0.25, 0.3) is 6.43 Å². The summed E-state index contributed by atoms with van der Waals surface area (Å²) in [7, 11) is 0. The van der Waals surface area contributed by atoms with Gasteiger partial charge in [0.05, 0.1) is 18.2 Å². The van der Waals surface area contributed by atoms with E-state index in [9.17, 15) is 23.1 Å². The molecular weight excluding hydrogens is 655 g/mol. The Morgan fingerprint density at radius 3 is 2.31 bits per heavy atom. The van der Waals surface area contributed by atoms with Crippen molar-refractivity contribution >= 4 is 28.6 Å². The third-order valence-electron chi connectivity index (χ3n) is 9.35.